The van der Waals surface area contributed by atoms with Crippen molar-refractivity contribution >= 4 is 0 Å². The number of aliphatic hydroxyl groups excluding tert-OH is 1. The second kappa shape index (κ2) is 6.00. The van der Waals surface area contributed by atoms with Crippen LogP contribution in [-0.4, -0.2) is 22.9 Å². The Morgan fingerprint density at radius 1 is 0.719 bits per heavy atom. The van der Waals surface area contributed by atoms with Gasteiger partial charge < -0.3 is 9.84 Å². The molecule has 2 nitrogen and oxygen atoms in total. The van der Waals surface area contributed by atoms with E-state index in [0.29, 0.717) is 39.1 Å². The smallest absolute Gasteiger partial charge is 0.104 e. The molecule has 32 heavy (non-hydrogen) atoms. The molecule has 1 spiro atoms. The van der Waals surface area contributed by atoms with Crippen LogP contribution in [0.25, 0.3) is 0 Å². The van der Waals surface area contributed by atoms with Crippen molar-refractivity contribution in [1.29, 1.82) is 0 Å². The van der Waals surface area contributed by atoms with E-state index in [1.165, 1.54) is 57.8 Å². The summed E-state index contributed by atoms with van der Waals surface area (Å²) in [4.78, 5) is 0. The van der Waals surface area contributed by atoms with Crippen LogP contribution in [0.2, 0.25) is 0 Å². The molecule has 1 aliphatic heterocycles. The molecule has 1 saturated heterocycles. The Labute approximate surface area is 197 Å². The van der Waals surface area contributed by atoms with Gasteiger partial charge >= 0.3 is 0 Å². The summed E-state index contributed by atoms with van der Waals surface area (Å²) in [7, 11) is 0. The number of fused-ring (bicyclic) bond motifs is 5. The molecule has 6 fully saturated rings. The van der Waals surface area contributed by atoms with Crippen LogP contribution < -0.4 is 0 Å². The van der Waals surface area contributed by atoms with Crippen molar-refractivity contribution in [2.24, 2.45) is 50.2 Å². The van der Waals surface area contributed by atoms with Crippen LogP contribution in [0.15, 0.2) is 0 Å². The van der Waals surface area contributed by atoms with Gasteiger partial charge in [-0.25, -0.2) is 0 Å². The third kappa shape index (κ3) is 2.32. The van der Waals surface area contributed by atoms with E-state index in [-0.39, 0.29) is 17.1 Å². The number of ether oxygens (including phenoxy) is 1. The number of epoxide rings is 1. The maximum absolute atomic E-state index is 10.9. The lowest BCUT2D eigenvalue weighted by Crippen LogP contribution is -2.70. The van der Waals surface area contributed by atoms with Gasteiger partial charge in [0.15, 0.2) is 0 Å². The van der Waals surface area contributed by atoms with E-state index in [9.17, 15) is 5.11 Å². The minimum Gasteiger partial charge on any atom is -0.393 e. The van der Waals surface area contributed by atoms with E-state index in [1.807, 2.05) is 0 Å². The Hall–Kier alpha value is -0.0800. The Morgan fingerprint density at radius 2 is 1.41 bits per heavy atom. The average Bonchev–Trinajstić information content (AvgIpc) is 3.43. The molecule has 182 valence electrons. The molecule has 5 saturated carbocycles. The molecule has 0 aromatic rings. The highest BCUT2D eigenvalue weighted by Crippen LogP contribution is 2.83. The molecule has 0 amide bonds. The summed E-state index contributed by atoms with van der Waals surface area (Å²) in [5, 5.41) is 10.9. The van der Waals surface area contributed by atoms with E-state index >= 15 is 0 Å². The third-order valence-corrected chi connectivity index (χ3v) is 14.0. The van der Waals surface area contributed by atoms with Crippen molar-refractivity contribution in [2.75, 3.05) is 0 Å². The molecule has 10 atom stereocenters. The lowest BCUT2D eigenvalue weighted by atomic mass is 9.31. The van der Waals surface area contributed by atoms with Crippen LogP contribution in [-0.2, 0) is 4.74 Å². The monoisotopic (exact) mass is 442 g/mol. The molecule has 0 aromatic heterocycles. The molecule has 0 radical (unpaired) electrons. The summed E-state index contributed by atoms with van der Waals surface area (Å²) in [6.45, 7) is 20.4. The lowest BCUT2D eigenvalue weighted by molar-refractivity contribution is -0.242. The Balaban J connectivity index is 1.43. The van der Waals surface area contributed by atoms with Gasteiger partial charge in [-0.05, 0) is 109 Å². The number of hydrogen-bond donors (Lipinski definition) is 1. The van der Waals surface area contributed by atoms with E-state index in [4.69, 9.17) is 4.74 Å². The minimum atomic E-state index is -0.139. The number of hydrogen-bond acceptors (Lipinski definition) is 2. The highest BCUT2D eigenvalue weighted by molar-refractivity contribution is 5.31. The highest BCUT2D eigenvalue weighted by atomic mass is 16.6. The fourth-order valence-electron chi connectivity index (χ4n) is 11.7. The standard InChI is InChI=1S/C30H50O2/c1-24(2)13-14-26(5)15-16-29(8)28(7)12-9-19-25(3,4)22(31)10-11-27(19,6)20(28)17-23-30(29,32-23)21(26)18-24/h19-23,31H,9-18H2,1-8H3/t19?,20?,21?,22-,23-,26+,27-,28+,29-,30-/m0/s1. The highest BCUT2D eigenvalue weighted by Gasteiger charge is 2.84. The Bertz CT molecular complexity index is 831. The first kappa shape index (κ1) is 22.4. The van der Waals surface area contributed by atoms with Crippen molar-refractivity contribution in [3.63, 3.8) is 0 Å². The summed E-state index contributed by atoms with van der Waals surface area (Å²) in [6.07, 6.45) is 13.3. The maximum Gasteiger partial charge on any atom is 0.104 e. The second-order valence-corrected chi connectivity index (χ2v) is 16.0. The van der Waals surface area contributed by atoms with Gasteiger partial charge in [0.2, 0.25) is 0 Å². The molecule has 1 heterocycles. The van der Waals surface area contributed by atoms with Crippen LogP contribution in [0.4, 0.5) is 0 Å². The fourth-order valence-corrected chi connectivity index (χ4v) is 11.7. The van der Waals surface area contributed by atoms with Gasteiger partial charge in [0, 0.05) is 5.41 Å². The van der Waals surface area contributed by atoms with Crippen LogP contribution in [0.5, 0.6) is 0 Å². The quantitative estimate of drug-likeness (QED) is 0.397. The Morgan fingerprint density at radius 3 is 2.12 bits per heavy atom. The molecule has 0 aromatic carbocycles. The molecule has 5 aliphatic carbocycles. The summed E-state index contributed by atoms with van der Waals surface area (Å²) in [5.41, 5.74) is 2.08. The second-order valence-electron chi connectivity index (χ2n) is 16.0. The van der Waals surface area contributed by atoms with Gasteiger partial charge in [-0.3, -0.25) is 0 Å². The summed E-state index contributed by atoms with van der Waals surface area (Å²) < 4.78 is 7.11. The zero-order valence-corrected chi connectivity index (χ0v) is 22.3. The molecule has 1 N–H and O–H groups in total. The van der Waals surface area contributed by atoms with E-state index in [1.54, 1.807) is 0 Å². The van der Waals surface area contributed by atoms with E-state index < -0.39 is 0 Å². The Kier molecular flexibility index (Phi) is 4.20. The molecule has 6 aliphatic rings. The zero-order chi connectivity index (χ0) is 23.2. The van der Waals surface area contributed by atoms with Gasteiger partial charge in [0.1, 0.15) is 5.60 Å². The van der Waals surface area contributed by atoms with Gasteiger partial charge in [-0.2, -0.15) is 0 Å². The zero-order valence-electron chi connectivity index (χ0n) is 22.3. The van der Waals surface area contributed by atoms with E-state index in [2.05, 4.69) is 55.4 Å². The normalized spacial score (nSPS) is 62.0. The molecule has 3 unspecified atom stereocenters. The summed E-state index contributed by atoms with van der Waals surface area (Å²) in [6, 6.07) is 0. The van der Waals surface area contributed by atoms with E-state index in [0.717, 1.165) is 18.3 Å². The summed E-state index contributed by atoms with van der Waals surface area (Å²) >= 11 is 0. The third-order valence-electron chi connectivity index (χ3n) is 14.0. The SMILES string of the molecule is CC1(C)CC[C@]2(C)CC[C@@]3(C)[C@]4(C)CCC5C(C)(C)[C@@H](O)CC[C@]5(C)C4C[C@@H]4O[C@@]43C2C1. The number of aliphatic hydroxyl groups is 1. The fraction of sp³-hybridized carbons (Fsp3) is 1.00. The van der Waals surface area contributed by atoms with Gasteiger partial charge in [0.25, 0.3) is 0 Å². The first-order chi connectivity index (χ1) is 14.7. The lowest BCUT2D eigenvalue weighted by Gasteiger charge is -2.72. The van der Waals surface area contributed by atoms with Crippen LogP contribution in [0.3, 0.4) is 0 Å². The first-order valence-corrected chi connectivity index (χ1v) is 14.0. The van der Waals surface area contributed by atoms with Crippen LogP contribution in [0, 0.1) is 50.2 Å². The molecule has 0 bridgehead atoms. The van der Waals surface area contributed by atoms with Crippen molar-refractivity contribution < 1.29 is 9.84 Å². The van der Waals surface area contributed by atoms with Gasteiger partial charge in [-0.15, -0.1) is 0 Å². The van der Waals surface area contributed by atoms with Crippen LogP contribution in [0.1, 0.15) is 120 Å². The van der Waals surface area contributed by atoms with Crippen molar-refractivity contribution in [3.8, 4) is 0 Å². The van der Waals surface area contributed by atoms with Crippen molar-refractivity contribution in [2.45, 2.75) is 137 Å². The molecule has 2 heteroatoms. The number of rotatable bonds is 0. The van der Waals surface area contributed by atoms with Gasteiger partial charge in [0.05, 0.1) is 12.2 Å². The van der Waals surface area contributed by atoms with Crippen molar-refractivity contribution in [3.05, 3.63) is 0 Å². The van der Waals surface area contributed by atoms with Crippen LogP contribution >= 0.6 is 0 Å². The predicted octanol–water partition coefficient (Wildman–Crippen LogP) is 7.38. The topological polar surface area (TPSA) is 32.8 Å². The van der Waals surface area contributed by atoms with Crippen molar-refractivity contribution in [1.82, 2.24) is 0 Å². The predicted molar refractivity (Wildman–Crippen MR) is 130 cm³/mol. The molecular weight excluding hydrogens is 392 g/mol. The maximum atomic E-state index is 10.9. The average molecular weight is 443 g/mol. The minimum absolute atomic E-state index is 0.0344. The largest absolute Gasteiger partial charge is 0.393 e. The first-order valence-electron chi connectivity index (χ1n) is 14.0. The van der Waals surface area contributed by atoms with Gasteiger partial charge in [-0.1, -0.05) is 55.4 Å². The molecule has 6 rings (SSSR count). The molecular formula is C30H50O2. The summed E-state index contributed by atoms with van der Waals surface area (Å²) in [5.74, 6) is 2.09.